The topological polar surface area (TPSA) is 57.5 Å². The molecule has 0 radical (unpaired) electrons. The van der Waals surface area contributed by atoms with Crippen molar-refractivity contribution in [3.05, 3.63) is 32.6 Å². The minimum atomic E-state index is -0.471. The predicted molar refractivity (Wildman–Crippen MR) is 78.1 cm³/mol. The number of hydrogen-bond donors (Lipinski definition) is 2. The number of oxime groups is 1. The Morgan fingerprint density at radius 1 is 1.58 bits per heavy atom. The van der Waals surface area contributed by atoms with E-state index in [1.165, 1.54) is 0 Å². The smallest absolute Gasteiger partial charge is 0.163 e. The second-order valence-corrected chi connectivity index (χ2v) is 5.05. The molecule has 1 aromatic heterocycles. The van der Waals surface area contributed by atoms with E-state index in [0.29, 0.717) is 21.1 Å². The Labute approximate surface area is 122 Å². The van der Waals surface area contributed by atoms with Crippen LogP contribution >= 0.6 is 27.5 Å². The number of hydrogen-bond acceptors (Lipinski definition) is 4. The molecule has 2 aromatic rings. The molecule has 0 aliphatic heterocycles. The largest absolute Gasteiger partial charge is 0.411 e. The van der Waals surface area contributed by atoms with Gasteiger partial charge in [0.05, 0.1) is 21.9 Å². The van der Waals surface area contributed by atoms with Crippen molar-refractivity contribution in [2.45, 2.75) is 6.92 Å². The van der Waals surface area contributed by atoms with Crippen molar-refractivity contribution in [2.75, 3.05) is 12.4 Å². The quantitative estimate of drug-likeness (QED) is 0.375. The third kappa shape index (κ3) is 2.26. The zero-order valence-electron chi connectivity index (χ0n) is 10.1. The Balaban J connectivity index is 2.98. The van der Waals surface area contributed by atoms with E-state index >= 15 is 0 Å². The first kappa shape index (κ1) is 14.0. The van der Waals surface area contributed by atoms with Crippen LogP contribution in [0.15, 0.2) is 15.7 Å². The van der Waals surface area contributed by atoms with Crippen molar-refractivity contribution in [1.82, 2.24) is 4.98 Å². The van der Waals surface area contributed by atoms with E-state index in [1.54, 1.807) is 20.0 Å². The average Bonchev–Trinajstić information content (AvgIpc) is 2.39. The van der Waals surface area contributed by atoms with Gasteiger partial charge in [-0.2, -0.15) is 0 Å². The summed E-state index contributed by atoms with van der Waals surface area (Å²) in [6, 6.07) is 1.78. The first-order chi connectivity index (χ1) is 9.01. The molecular formula is C12H10BrClFN3O. The first-order valence-corrected chi connectivity index (χ1v) is 6.51. The number of halogens is 3. The van der Waals surface area contributed by atoms with E-state index < -0.39 is 5.82 Å². The molecule has 0 unspecified atom stereocenters. The molecule has 1 aromatic carbocycles. The molecule has 2 rings (SSSR count). The molecule has 1 heterocycles. The molecule has 0 saturated carbocycles. The molecule has 2 N–H and O–H groups in total. The SMILES string of the molecule is CNc1c(/C=N/O)c(Cl)nc2c(F)c(Br)c(C)cc12. The third-order valence-electron chi connectivity index (χ3n) is 2.77. The number of fused-ring (bicyclic) bond motifs is 1. The number of rotatable bonds is 2. The van der Waals surface area contributed by atoms with Gasteiger partial charge < -0.3 is 10.5 Å². The van der Waals surface area contributed by atoms with E-state index in [4.69, 9.17) is 16.8 Å². The molecule has 0 atom stereocenters. The van der Waals surface area contributed by atoms with Gasteiger partial charge >= 0.3 is 0 Å². The molecular weight excluding hydrogens is 337 g/mol. The van der Waals surface area contributed by atoms with Crippen LogP contribution in [0.3, 0.4) is 0 Å². The molecule has 0 amide bonds. The Morgan fingerprint density at radius 3 is 2.84 bits per heavy atom. The Morgan fingerprint density at radius 2 is 2.26 bits per heavy atom. The van der Waals surface area contributed by atoms with E-state index in [-0.39, 0.29) is 10.7 Å². The summed E-state index contributed by atoms with van der Waals surface area (Å²) in [7, 11) is 1.68. The maximum atomic E-state index is 14.2. The summed E-state index contributed by atoms with van der Waals surface area (Å²) in [4.78, 5) is 4.02. The Bertz CT molecular complexity index is 691. The zero-order valence-corrected chi connectivity index (χ0v) is 12.5. The highest BCUT2D eigenvalue weighted by Crippen LogP contribution is 2.35. The molecule has 7 heteroatoms. The Kier molecular flexibility index (Phi) is 3.91. The van der Waals surface area contributed by atoms with E-state index in [2.05, 4.69) is 31.4 Å². The molecule has 0 saturated heterocycles. The number of aromatic nitrogens is 1. The lowest BCUT2D eigenvalue weighted by atomic mass is 10.1. The van der Waals surface area contributed by atoms with E-state index in [0.717, 1.165) is 11.8 Å². The van der Waals surface area contributed by atoms with Gasteiger partial charge in [0.2, 0.25) is 0 Å². The van der Waals surface area contributed by atoms with Crippen LogP contribution in [0.1, 0.15) is 11.1 Å². The van der Waals surface area contributed by atoms with Crippen LogP contribution in [0.4, 0.5) is 10.1 Å². The van der Waals surface area contributed by atoms with Crippen molar-refractivity contribution >= 4 is 50.3 Å². The van der Waals surface area contributed by atoms with E-state index in [1.807, 2.05) is 0 Å². The Hall–Kier alpha value is -1.40. The molecule has 0 fully saturated rings. The maximum Gasteiger partial charge on any atom is 0.163 e. The number of aryl methyl sites for hydroxylation is 1. The third-order valence-corrected chi connectivity index (χ3v) is 4.03. The standard InChI is InChI=1S/C12H10BrClFN3O/c1-5-3-6-10(16-2)7(4-17-19)12(14)18-11(6)9(15)8(5)13/h3-4,19H,1-2H3,(H,16,18)/b17-4+. The van der Waals surface area contributed by atoms with E-state index in [9.17, 15) is 4.39 Å². The number of nitrogens with one attached hydrogen (secondary N) is 1. The monoisotopic (exact) mass is 345 g/mol. The van der Waals surface area contributed by atoms with Gasteiger partial charge in [0.1, 0.15) is 10.7 Å². The van der Waals surface area contributed by atoms with Gasteiger partial charge in [-0.25, -0.2) is 9.37 Å². The predicted octanol–water partition coefficient (Wildman–Crippen LogP) is 3.95. The normalized spacial score (nSPS) is 11.4. The summed E-state index contributed by atoms with van der Waals surface area (Å²) >= 11 is 9.17. The van der Waals surface area contributed by atoms with Crippen LogP contribution in [0.2, 0.25) is 5.15 Å². The van der Waals surface area contributed by atoms with Gasteiger partial charge in [0.25, 0.3) is 0 Å². The van der Waals surface area contributed by atoms with Crippen LogP contribution in [-0.2, 0) is 0 Å². The van der Waals surface area contributed by atoms with Crippen molar-refractivity contribution in [2.24, 2.45) is 5.16 Å². The summed E-state index contributed by atoms with van der Waals surface area (Å²) < 4.78 is 14.5. The van der Waals surface area contributed by atoms with Crippen molar-refractivity contribution in [3.8, 4) is 0 Å². The second-order valence-electron chi connectivity index (χ2n) is 3.90. The fourth-order valence-electron chi connectivity index (χ4n) is 1.89. The van der Waals surface area contributed by atoms with Crippen LogP contribution in [-0.4, -0.2) is 23.5 Å². The summed E-state index contributed by atoms with van der Waals surface area (Å²) in [5.41, 5.74) is 1.85. The fraction of sp³-hybridized carbons (Fsp3) is 0.167. The van der Waals surface area contributed by atoms with Crippen molar-refractivity contribution < 1.29 is 9.60 Å². The minimum absolute atomic E-state index is 0.0595. The number of anilines is 1. The summed E-state index contributed by atoms with van der Waals surface area (Å²) in [5, 5.41) is 15.2. The average molecular weight is 347 g/mol. The molecule has 0 bridgehead atoms. The van der Waals surface area contributed by atoms with Gasteiger partial charge in [0.15, 0.2) is 5.82 Å². The highest BCUT2D eigenvalue weighted by atomic mass is 79.9. The van der Waals surface area contributed by atoms with Crippen LogP contribution in [0, 0.1) is 12.7 Å². The minimum Gasteiger partial charge on any atom is -0.411 e. The van der Waals surface area contributed by atoms with Gasteiger partial charge in [-0.3, -0.25) is 0 Å². The first-order valence-electron chi connectivity index (χ1n) is 5.34. The number of pyridine rings is 1. The van der Waals surface area contributed by atoms with Crippen LogP contribution in [0.5, 0.6) is 0 Å². The van der Waals surface area contributed by atoms with Crippen LogP contribution in [0.25, 0.3) is 10.9 Å². The summed E-state index contributed by atoms with van der Waals surface area (Å²) in [6.45, 7) is 1.78. The fourth-order valence-corrected chi connectivity index (χ4v) is 2.42. The summed E-state index contributed by atoms with van der Waals surface area (Å²) in [5.74, 6) is -0.471. The summed E-state index contributed by atoms with van der Waals surface area (Å²) in [6.07, 6.45) is 1.16. The maximum absolute atomic E-state index is 14.2. The highest BCUT2D eigenvalue weighted by molar-refractivity contribution is 9.10. The molecule has 0 aliphatic rings. The van der Waals surface area contributed by atoms with Gasteiger partial charge in [-0.15, -0.1) is 0 Å². The van der Waals surface area contributed by atoms with Crippen molar-refractivity contribution in [3.63, 3.8) is 0 Å². The second kappa shape index (κ2) is 5.30. The number of benzene rings is 1. The van der Waals surface area contributed by atoms with Gasteiger partial charge in [-0.1, -0.05) is 16.8 Å². The molecule has 4 nitrogen and oxygen atoms in total. The number of nitrogens with zero attached hydrogens (tertiary/aromatic N) is 2. The van der Waals surface area contributed by atoms with Crippen molar-refractivity contribution in [1.29, 1.82) is 0 Å². The highest BCUT2D eigenvalue weighted by Gasteiger charge is 2.17. The molecule has 100 valence electrons. The molecule has 19 heavy (non-hydrogen) atoms. The molecule has 0 aliphatic carbocycles. The van der Waals surface area contributed by atoms with Crippen LogP contribution < -0.4 is 5.32 Å². The lowest BCUT2D eigenvalue weighted by Crippen LogP contribution is -2.02. The lowest BCUT2D eigenvalue weighted by molar-refractivity contribution is 0.322. The van der Waals surface area contributed by atoms with Gasteiger partial charge in [0, 0.05) is 12.4 Å². The zero-order chi connectivity index (χ0) is 14.2. The molecule has 0 spiro atoms. The lowest BCUT2D eigenvalue weighted by Gasteiger charge is -2.13. The van der Waals surface area contributed by atoms with Gasteiger partial charge in [-0.05, 0) is 34.5 Å².